The van der Waals surface area contributed by atoms with Crippen molar-refractivity contribution in [3.8, 4) is 0 Å². The van der Waals surface area contributed by atoms with E-state index in [1.54, 1.807) is 31.2 Å². The number of carbonyl (C=O) groups excluding carboxylic acids is 1. The van der Waals surface area contributed by atoms with Gasteiger partial charge in [0.2, 0.25) is 0 Å². The van der Waals surface area contributed by atoms with Crippen LogP contribution in [-0.4, -0.2) is 15.8 Å². The minimum Gasteiger partial charge on any atom is -0.289 e. The summed E-state index contributed by atoms with van der Waals surface area (Å²) in [6.07, 6.45) is 4.70. The lowest BCUT2D eigenvalue weighted by atomic mass is 10.1. The van der Waals surface area contributed by atoms with E-state index in [0.717, 1.165) is 5.52 Å². The molecule has 0 amide bonds. The molecule has 1 aromatic heterocycles. The number of carbonyl (C=O) groups is 1. The monoisotopic (exact) mass is 232 g/mol. The van der Waals surface area contributed by atoms with Crippen molar-refractivity contribution >= 4 is 28.4 Å². The Morgan fingerprint density at radius 3 is 2.94 bits per heavy atom. The molecule has 0 N–H and O–H groups in total. The molecule has 0 bridgehead atoms. The van der Waals surface area contributed by atoms with Gasteiger partial charge in [-0.3, -0.25) is 9.78 Å². The first-order valence-corrected chi connectivity index (χ1v) is 5.18. The number of hydrogen-bond acceptors (Lipinski definition) is 3. The van der Waals surface area contributed by atoms with E-state index >= 15 is 0 Å². The molecule has 1 aromatic carbocycles. The predicted octanol–water partition coefficient (Wildman–Crippen LogP) is 3.04. The van der Waals surface area contributed by atoms with Crippen LogP contribution in [0.4, 0.5) is 0 Å². The van der Waals surface area contributed by atoms with Crippen molar-refractivity contribution in [3.05, 3.63) is 47.3 Å². The molecule has 0 atom stereocenters. The third kappa shape index (κ3) is 2.09. The number of aromatic nitrogens is 2. The average molecular weight is 233 g/mol. The van der Waals surface area contributed by atoms with E-state index in [2.05, 4.69) is 9.97 Å². The molecule has 0 aliphatic heterocycles. The number of rotatable bonds is 2. The molecule has 16 heavy (non-hydrogen) atoms. The fourth-order valence-electron chi connectivity index (χ4n) is 1.39. The molecule has 0 spiro atoms. The molecule has 0 saturated carbocycles. The lowest BCUT2D eigenvalue weighted by molar-refractivity contribution is 0.104. The van der Waals surface area contributed by atoms with Crippen molar-refractivity contribution in [1.82, 2.24) is 9.97 Å². The van der Waals surface area contributed by atoms with E-state index in [1.807, 2.05) is 0 Å². The van der Waals surface area contributed by atoms with Gasteiger partial charge in [0, 0.05) is 5.56 Å². The molecule has 0 saturated heterocycles. The maximum atomic E-state index is 11.6. The Hall–Kier alpha value is -1.74. The number of hydrogen-bond donors (Lipinski definition) is 0. The van der Waals surface area contributed by atoms with Crippen LogP contribution in [0.15, 0.2) is 36.5 Å². The Morgan fingerprint density at radius 1 is 1.38 bits per heavy atom. The molecular formula is C12H9ClN2O. The number of ketones is 1. The zero-order valence-corrected chi connectivity index (χ0v) is 9.40. The summed E-state index contributed by atoms with van der Waals surface area (Å²) >= 11 is 5.74. The SMILES string of the molecule is C/C=C/C(=O)c1ccc2ncc(Cl)nc2c1. The summed E-state index contributed by atoms with van der Waals surface area (Å²) in [5.41, 5.74) is 1.94. The molecule has 0 aliphatic carbocycles. The van der Waals surface area contributed by atoms with Crippen molar-refractivity contribution < 1.29 is 4.79 Å². The summed E-state index contributed by atoms with van der Waals surface area (Å²) in [7, 11) is 0. The fourth-order valence-corrected chi connectivity index (χ4v) is 1.53. The van der Waals surface area contributed by atoms with Crippen LogP contribution in [0, 0.1) is 0 Å². The Labute approximate surface area is 97.8 Å². The molecule has 80 valence electrons. The first-order valence-electron chi connectivity index (χ1n) is 4.80. The van der Waals surface area contributed by atoms with E-state index in [-0.39, 0.29) is 5.78 Å². The first kappa shape index (κ1) is 10.8. The van der Waals surface area contributed by atoms with Crippen LogP contribution < -0.4 is 0 Å². The summed E-state index contributed by atoms with van der Waals surface area (Å²) in [6, 6.07) is 5.18. The Kier molecular flexibility index (Phi) is 2.97. The highest BCUT2D eigenvalue weighted by Crippen LogP contribution is 2.15. The third-order valence-electron chi connectivity index (χ3n) is 2.12. The summed E-state index contributed by atoms with van der Waals surface area (Å²) in [6.45, 7) is 1.80. The van der Waals surface area contributed by atoms with Crippen LogP contribution in [0.3, 0.4) is 0 Å². The van der Waals surface area contributed by atoms with Gasteiger partial charge in [-0.15, -0.1) is 0 Å². The highest BCUT2D eigenvalue weighted by Gasteiger charge is 2.04. The minimum atomic E-state index is -0.0498. The largest absolute Gasteiger partial charge is 0.289 e. The zero-order chi connectivity index (χ0) is 11.5. The predicted molar refractivity (Wildman–Crippen MR) is 63.7 cm³/mol. The van der Waals surface area contributed by atoms with Gasteiger partial charge in [0.15, 0.2) is 5.78 Å². The van der Waals surface area contributed by atoms with Gasteiger partial charge < -0.3 is 0 Å². The van der Waals surface area contributed by atoms with Crippen molar-refractivity contribution in [2.24, 2.45) is 0 Å². The Morgan fingerprint density at radius 2 is 2.19 bits per heavy atom. The number of allylic oxidation sites excluding steroid dienone is 2. The van der Waals surface area contributed by atoms with E-state index in [1.165, 1.54) is 12.3 Å². The molecule has 0 aliphatic rings. The normalized spacial score (nSPS) is 11.1. The highest BCUT2D eigenvalue weighted by molar-refractivity contribution is 6.29. The average Bonchev–Trinajstić information content (AvgIpc) is 2.28. The van der Waals surface area contributed by atoms with Gasteiger partial charge in [0.25, 0.3) is 0 Å². The Bertz CT molecular complexity index is 578. The van der Waals surface area contributed by atoms with Gasteiger partial charge in [0.05, 0.1) is 17.2 Å². The molecular weight excluding hydrogens is 224 g/mol. The van der Waals surface area contributed by atoms with Crippen LogP contribution in [0.5, 0.6) is 0 Å². The standard InChI is InChI=1S/C12H9ClN2O/c1-2-3-11(16)8-4-5-9-10(6-8)15-12(13)7-14-9/h2-7H,1H3/b3-2+. The van der Waals surface area contributed by atoms with E-state index < -0.39 is 0 Å². The lowest BCUT2D eigenvalue weighted by Gasteiger charge is -1.99. The number of nitrogens with zero attached hydrogens (tertiary/aromatic N) is 2. The summed E-state index contributed by atoms with van der Waals surface area (Å²) < 4.78 is 0. The summed E-state index contributed by atoms with van der Waals surface area (Å²) in [5, 5.41) is 0.322. The van der Waals surface area contributed by atoms with E-state index in [9.17, 15) is 4.79 Å². The lowest BCUT2D eigenvalue weighted by Crippen LogP contribution is -1.95. The third-order valence-corrected chi connectivity index (χ3v) is 2.30. The van der Waals surface area contributed by atoms with Crippen molar-refractivity contribution in [1.29, 1.82) is 0 Å². The molecule has 4 heteroatoms. The van der Waals surface area contributed by atoms with Crippen LogP contribution in [0.2, 0.25) is 5.15 Å². The highest BCUT2D eigenvalue weighted by atomic mass is 35.5. The molecule has 0 fully saturated rings. The van der Waals surface area contributed by atoms with Crippen molar-refractivity contribution in [2.75, 3.05) is 0 Å². The zero-order valence-electron chi connectivity index (χ0n) is 8.64. The smallest absolute Gasteiger partial charge is 0.185 e. The van der Waals surface area contributed by atoms with Gasteiger partial charge in [-0.05, 0) is 31.2 Å². The van der Waals surface area contributed by atoms with Crippen LogP contribution in [-0.2, 0) is 0 Å². The van der Waals surface area contributed by atoms with Crippen LogP contribution in [0.25, 0.3) is 11.0 Å². The van der Waals surface area contributed by atoms with Gasteiger partial charge in [0.1, 0.15) is 5.15 Å². The molecule has 2 aromatic rings. The number of halogens is 1. The number of fused-ring (bicyclic) bond motifs is 1. The van der Waals surface area contributed by atoms with Crippen LogP contribution >= 0.6 is 11.6 Å². The minimum absolute atomic E-state index is 0.0498. The quantitative estimate of drug-likeness (QED) is 0.590. The molecule has 3 nitrogen and oxygen atoms in total. The number of benzene rings is 1. The van der Waals surface area contributed by atoms with Gasteiger partial charge >= 0.3 is 0 Å². The second kappa shape index (κ2) is 4.41. The van der Waals surface area contributed by atoms with Gasteiger partial charge in [-0.2, -0.15) is 0 Å². The second-order valence-electron chi connectivity index (χ2n) is 3.26. The maximum absolute atomic E-state index is 11.6. The van der Waals surface area contributed by atoms with E-state index in [0.29, 0.717) is 16.2 Å². The van der Waals surface area contributed by atoms with Gasteiger partial charge in [-0.25, -0.2) is 4.98 Å². The van der Waals surface area contributed by atoms with Gasteiger partial charge in [-0.1, -0.05) is 17.7 Å². The maximum Gasteiger partial charge on any atom is 0.185 e. The fraction of sp³-hybridized carbons (Fsp3) is 0.0833. The second-order valence-corrected chi connectivity index (χ2v) is 3.65. The van der Waals surface area contributed by atoms with E-state index in [4.69, 9.17) is 11.6 Å². The topological polar surface area (TPSA) is 42.9 Å². The summed E-state index contributed by atoms with van der Waals surface area (Å²) in [5.74, 6) is -0.0498. The molecule has 2 rings (SSSR count). The summed E-state index contributed by atoms with van der Waals surface area (Å²) in [4.78, 5) is 19.8. The molecule has 0 unspecified atom stereocenters. The molecule has 0 radical (unpaired) electrons. The first-order chi connectivity index (χ1) is 7.70. The van der Waals surface area contributed by atoms with Crippen molar-refractivity contribution in [2.45, 2.75) is 6.92 Å². The Balaban J connectivity index is 2.54. The molecule has 1 heterocycles. The van der Waals surface area contributed by atoms with Crippen LogP contribution in [0.1, 0.15) is 17.3 Å². The van der Waals surface area contributed by atoms with Crippen molar-refractivity contribution in [3.63, 3.8) is 0 Å².